The lowest BCUT2D eigenvalue weighted by molar-refractivity contribution is 0.0784. The Labute approximate surface area is 192 Å². The molecule has 1 amide bonds. The average Bonchev–Trinajstić information content (AvgIpc) is 3.49. The van der Waals surface area contributed by atoms with Gasteiger partial charge in [-0.05, 0) is 25.1 Å². The predicted octanol–water partition coefficient (Wildman–Crippen LogP) is 3.86. The third-order valence-corrected chi connectivity index (χ3v) is 6.08. The third-order valence-electron chi connectivity index (χ3n) is 5.13. The molecule has 3 heterocycles. The number of hydrogen-bond donors (Lipinski definition) is 2. The number of thiophene rings is 1. The number of nitrogens with zero attached hydrogens (tertiary/aromatic N) is 4. The number of fused-ring (bicyclic) bond motifs is 1. The lowest BCUT2D eigenvalue weighted by atomic mass is 10.1. The van der Waals surface area contributed by atoms with Crippen LogP contribution in [0.1, 0.15) is 34.1 Å². The molecule has 8 nitrogen and oxygen atoms in total. The number of nitriles is 1. The van der Waals surface area contributed by atoms with Gasteiger partial charge in [-0.2, -0.15) is 10.4 Å². The normalized spacial score (nSPS) is 10.9. The highest BCUT2D eigenvalue weighted by Gasteiger charge is 2.22. The zero-order valence-electron chi connectivity index (χ0n) is 17.9. The minimum absolute atomic E-state index is 0.139. The topological polar surface area (TPSA) is 115 Å². The molecule has 0 fully saturated rings. The van der Waals surface area contributed by atoms with Crippen LogP contribution in [-0.2, 0) is 13.2 Å². The van der Waals surface area contributed by atoms with Crippen molar-refractivity contribution in [1.82, 2.24) is 20.1 Å². The van der Waals surface area contributed by atoms with Crippen LogP contribution in [0.5, 0.6) is 5.75 Å². The van der Waals surface area contributed by atoms with E-state index in [1.165, 1.54) is 28.4 Å². The van der Waals surface area contributed by atoms with Crippen LogP contribution < -0.4 is 4.74 Å². The lowest BCUT2D eigenvalue weighted by Gasteiger charge is -2.19. The van der Waals surface area contributed by atoms with E-state index in [-0.39, 0.29) is 36.6 Å². The standard InChI is InChI=1S/C23H20FN5O3S/c1-3-32-19-6-14(5-17(24)21(19)20-4-13(7-25)12-33-20)23(31)29(2)10-15-8-26-18(11-30)16-9-27-28-22(15)16/h4-6,8-9,12,30H,3,10-11H2,1-2H3,(H,27,28). The molecule has 0 spiro atoms. The summed E-state index contributed by atoms with van der Waals surface area (Å²) in [6.07, 6.45) is 3.15. The van der Waals surface area contributed by atoms with Crippen molar-refractivity contribution >= 4 is 28.1 Å². The number of H-pyrrole nitrogens is 1. The van der Waals surface area contributed by atoms with E-state index in [4.69, 9.17) is 10.00 Å². The van der Waals surface area contributed by atoms with Crippen LogP contribution >= 0.6 is 11.3 Å². The van der Waals surface area contributed by atoms with Crippen LogP contribution in [0.2, 0.25) is 0 Å². The molecule has 168 valence electrons. The summed E-state index contributed by atoms with van der Waals surface area (Å²) >= 11 is 1.24. The van der Waals surface area contributed by atoms with E-state index in [1.807, 2.05) is 6.07 Å². The number of benzene rings is 1. The molecule has 0 saturated heterocycles. The van der Waals surface area contributed by atoms with Gasteiger partial charge in [-0.15, -0.1) is 11.3 Å². The number of aromatic nitrogens is 3. The number of rotatable bonds is 7. The van der Waals surface area contributed by atoms with Crippen molar-refractivity contribution in [2.24, 2.45) is 0 Å². The molecule has 0 aliphatic heterocycles. The highest BCUT2D eigenvalue weighted by molar-refractivity contribution is 7.13. The first kappa shape index (κ1) is 22.4. The zero-order chi connectivity index (χ0) is 23.5. The molecule has 3 aromatic heterocycles. The molecule has 2 N–H and O–H groups in total. The first-order chi connectivity index (χ1) is 16.0. The van der Waals surface area contributed by atoms with Gasteiger partial charge in [0, 0.05) is 46.6 Å². The Balaban J connectivity index is 1.65. The van der Waals surface area contributed by atoms with E-state index in [2.05, 4.69) is 15.2 Å². The van der Waals surface area contributed by atoms with Crippen LogP contribution in [0.4, 0.5) is 4.39 Å². The Hall–Kier alpha value is -3.81. The van der Waals surface area contributed by atoms with Gasteiger partial charge in [-0.1, -0.05) is 0 Å². The Bertz CT molecular complexity index is 1370. The van der Waals surface area contributed by atoms with E-state index in [0.29, 0.717) is 32.6 Å². The Morgan fingerprint density at radius 3 is 2.88 bits per heavy atom. The molecule has 4 aromatic rings. The second kappa shape index (κ2) is 9.36. The molecule has 0 bridgehead atoms. The molecule has 10 heteroatoms. The molecule has 0 saturated carbocycles. The third kappa shape index (κ3) is 4.28. The minimum Gasteiger partial charge on any atom is -0.493 e. The summed E-state index contributed by atoms with van der Waals surface area (Å²) in [5, 5.41) is 27.7. The second-order valence-electron chi connectivity index (χ2n) is 7.28. The fourth-order valence-corrected chi connectivity index (χ4v) is 4.46. The molecular formula is C23H20FN5O3S. The number of amides is 1. The molecule has 0 atom stereocenters. The maximum absolute atomic E-state index is 15.2. The zero-order valence-corrected chi connectivity index (χ0v) is 18.7. The van der Waals surface area contributed by atoms with E-state index in [1.54, 1.807) is 37.8 Å². The van der Waals surface area contributed by atoms with Crippen molar-refractivity contribution in [3.63, 3.8) is 0 Å². The summed E-state index contributed by atoms with van der Waals surface area (Å²) in [5.41, 5.74) is 2.67. The molecule has 0 unspecified atom stereocenters. The van der Waals surface area contributed by atoms with Crippen LogP contribution in [0.15, 0.2) is 36.0 Å². The van der Waals surface area contributed by atoms with Crippen LogP contribution in [0.25, 0.3) is 21.3 Å². The highest BCUT2D eigenvalue weighted by atomic mass is 32.1. The maximum atomic E-state index is 15.2. The van der Waals surface area contributed by atoms with Gasteiger partial charge in [0.15, 0.2) is 0 Å². The monoisotopic (exact) mass is 465 g/mol. The summed E-state index contributed by atoms with van der Waals surface area (Å²) in [7, 11) is 1.61. The summed E-state index contributed by atoms with van der Waals surface area (Å²) in [6, 6.07) is 6.33. The van der Waals surface area contributed by atoms with Gasteiger partial charge in [0.05, 0.1) is 41.7 Å². The average molecular weight is 466 g/mol. The number of aliphatic hydroxyl groups excluding tert-OH is 1. The Morgan fingerprint density at radius 2 is 2.18 bits per heavy atom. The number of carbonyl (C=O) groups excluding carboxylic acids is 1. The quantitative estimate of drug-likeness (QED) is 0.428. The molecular weight excluding hydrogens is 445 g/mol. The van der Waals surface area contributed by atoms with Gasteiger partial charge < -0.3 is 14.7 Å². The van der Waals surface area contributed by atoms with Crippen LogP contribution in [0, 0.1) is 17.1 Å². The van der Waals surface area contributed by atoms with Gasteiger partial charge in [-0.3, -0.25) is 14.9 Å². The van der Waals surface area contributed by atoms with Crippen LogP contribution in [-0.4, -0.2) is 44.7 Å². The van der Waals surface area contributed by atoms with Gasteiger partial charge in [0.2, 0.25) is 0 Å². The highest BCUT2D eigenvalue weighted by Crippen LogP contribution is 2.38. The van der Waals surface area contributed by atoms with E-state index in [0.717, 1.165) is 0 Å². The molecule has 33 heavy (non-hydrogen) atoms. The van der Waals surface area contributed by atoms with Crippen molar-refractivity contribution in [2.75, 3.05) is 13.7 Å². The SMILES string of the molecule is CCOc1cc(C(=O)N(C)Cc2cnc(CO)c3cn[nH]c23)cc(F)c1-c1cc(C#N)cs1. The number of nitrogens with one attached hydrogen (secondary N) is 1. The first-order valence-corrected chi connectivity index (χ1v) is 11.0. The smallest absolute Gasteiger partial charge is 0.254 e. The van der Waals surface area contributed by atoms with Gasteiger partial charge in [0.1, 0.15) is 17.6 Å². The van der Waals surface area contributed by atoms with E-state index in [9.17, 15) is 9.90 Å². The van der Waals surface area contributed by atoms with Gasteiger partial charge >= 0.3 is 0 Å². The molecule has 0 aliphatic rings. The second-order valence-corrected chi connectivity index (χ2v) is 8.20. The molecule has 4 rings (SSSR count). The van der Waals surface area contributed by atoms with E-state index >= 15 is 4.39 Å². The fourth-order valence-electron chi connectivity index (χ4n) is 3.57. The summed E-state index contributed by atoms with van der Waals surface area (Å²) in [5.74, 6) is -0.760. The van der Waals surface area contributed by atoms with Crippen molar-refractivity contribution in [2.45, 2.75) is 20.1 Å². The van der Waals surface area contributed by atoms with Crippen molar-refractivity contribution < 1.29 is 19.0 Å². The number of hydrogen-bond acceptors (Lipinski definition) is 7. The number of aliphatic hydroxyl groups is 1. The number of ether oxygens (including phenoxy) is 1. The van der Waals surface area contributed by atoms with Crippen LogP contribution in [0.3, 0.4) is 0 Å². The molecule has 0 radical (unpaired) electrons. The number of pyridine rings is 1. The number of carbonyl (C=O) groups is 1. The summed E-state index contributed by atoms with van der Waals surface area (Å²) in [6.45, 7) is 2.03. The fraction of sp³-hybridized carbons (Fsp3) is 0.217. The number of halogens is 1. The minimum atomic E-state index is -0.603. The van der Waals surface area contributed by atoms with Crippen molar-refractivity contribution in [1.29, 1.82) is 5.26 Å². The molecule has 1 aromatic carbocycles. The first-order valence-electron chi connectivity index (χ1n) is 10.1. The van der Waals surface area contributed by atoms with Gasteiger partial charge in [-0.25, -0.2) is 4.39 Å². The summed E-state index contributed by atoms with van der Waals surface area (Å²) in [4.78, 5) is 19.4. The lowest BCUT2D eigenvalue weighted by Crippen LogP contribution is -2.26. The van der Waals surface area contributed by atoms with E-state index < -0.39 is 11.7 Å². The predicted molar refractivity (Wildman–Crippen MR) is 121 cm³/mol. The molecule has 0 aliphatic carbocycles. The Morgan fingerprint density at radius 1 is 1.36 bits per heavy atom. The summed E-state index contributed by atoms with van der Waals surface area (Å²) < 4.78 is 20.8. The largest absolute Gasteiger partial charge is 0.493 e. The van der Waals surface area contributed by atoms with Crippen molar-refractivity contribution in [3.05, 3.63) is 64.2 Å². The van der Waals surface area contributed by atoms with Gasteiger partial charge in [0.25, 0.3) is 5.91 Å². The Kier molecular flexibility index (Phi) is 6.35. The number of aromatic amines is 1. The maximum Gasteiger partial charge on any atom is 0.254 e. The van der Waals surface area contributed by atoms with Crippen molar-refractivity contribution in [3.8, 4) is 22.3 Å².